The van der Waals surface area contributed by atoms with Crippen molar-refractivity contribution < 1.29 is 14.3 Å². The van der Waals surface area contributed by atoms with E-state index in [0.717, 1.165) is 23.5 Å². The van der Waals surface area contributed by atoms with Gasteiger partial charge in [-0.15, -0.1) is 0 Å². The molecule has 0 unspecified atom stereocenters. The molecule has 32 heavy (non-hydrogen) atoms. The summed E-state index contributed by atoms with van der Waals surface area (Å²) in [6.07, 6.45) is 4.80. The number of aryl methyl sites for hydroxylation is 1. The number of hydrogen-bond donors (Lipinski definition) is 0. The SMILES string of the molecule is CCCc1ccc(C(C)(C)c2ccc(Oc3ccc(N4C(=O)C=CC4=O)cc3)cc2)cc1. The summed E-state index contributed by atoms with van der Waals surface area (Å²) in [5.41, 5.74) is 4.27. The number of rotatable bonds is 7. The Morgan fingerprint density at radius 2 is 1.19 bits per heavy atom. The standard InChI is InChI=1S/C28H27NO3/c1-4-5-20-6-8-21(9-7-20)28(2,3)22-10-14-24(15-11-22)32-25-16-12-23(13-17-25)29-26(30)18-19-27(29)31/h6-19H,4-5H2,1-3H3. The topological polar surface area (TPSA) is 46.6 Å². The van der Waals surface area contributed by atoms with Crippen LogP contribution in [-0.4, -0.2) is 11.8 Å². The Kier molecular flexibility index (Phi) is 5.95. The molecule has 0 bridgehead atoms. The molecule has 1 aliphatic rings. The molecule has 1 aliphatic heterocycles. The van der Waals surface area contributed by atoms with Crippen LogP contribution in [-0.2, 0) is 21.4 Å². The number of imide groups is 1. The van der Waals surface area contributed by atoms with Gasteiger partial charge in [0.1, 0.15) is 11.5 Å². The number of carbonyl (C=O) groups is 2. The highest BCUT2D eigenvalue weighted by molar-refractivity contribution is 6.28. The maximum Gasteiger partial charge on any atom is 0.258 e. The highest BCUT2D eigenvalue weighted by Crippen LogP contribution is 2.34. The van der Waals surface area contributed by atoms with Crippen molar-refractivity contribution in [3.8, 4) is 11.5 Å². The van der Waals surface area contributed by atoms with Crippen LogP contribution in [0.15, 0.2) is 84.9 Å². The van der Waals surface area contributed by atoms with Crippen LogP contribution >= 0.6 is 0 Å². The van der Waals surface area contributed by atoms with Gasteiger partial charge in [-0.05, 0) is 59.5 Å². The summed E-state index contributed by atoms with van der Waals surface area (Å²) in [5, 5.41) is 0. The third-order valence-electron chi connectivity index (χ3n) is 5.93. The van der Waals surface area contributed by atoms with E-state index in [1.165, 1.54) is 28.8 Å². The highest BCUT2D eigenvalue weighted by atomic mass is 16.5. The number of ether oxygens (including phenoxy) is 1. The van der Waals surface area contributed by atoms with Crippen LogP contribution in [0.5, 0.6) is 11.5 Å². The third-order valence-corrected chi connectivity index (χ3v) is 5.93. The average Bonchev–Trinajstić information content (AvgIpc) is 3.13. The van der Waals surface area contributed by atoms with Crippen LogP contribution in [0.4, 0.5) is 5.69 Å². The molecule has 0 atom stereocenters. The van der Waals surface area contributed by atoms with Crippen molar-refractivity contribution in [1.82, 2.24) is 0 Å². The normalized spacial score (nSPS) is 13.7. The average molecular weight is 426 g/mol. The van der Waals surface area contributed by atoms with Crippen LogP contribution in [0.3, 0.4) is 0 Å². The van der Waals surface area contributed by atoms with Crippen LogP contribution in [0.1, 0.15) is 43.9 Å². The van der Waals surface area contributed by atoms with Gasteiger partial charge in [-0.2, -0.15) is 0 Å². The fraction of sp³-hybridized carbons (Fsp3) is 0.214. The fourth-order valence-corrected chi connectivity index (χ4v) is 3.94. The van der Waals surface area contributed by atoms with Crippen LogP contribution in [0.2, 0.25) is 0 Å². The van der Waals surface area contributed by atoms with E-state index in [4.69, 9.17) is 4.74 Å². The van der Waals surface area contributed by atoms with Gasteiger partial charge in [0.25, 0.3) is 11.8 Å². The lowest BCUT2D eigenvalue weighted by Crippen LogP contribution is -2.29. The number of anilines is 1. The van der Waals surface area contributed by atoms with Crippen molar-refractivity contribution in [2.45, 2.75) is 39.0 Å². The first-order valence-corrected chi connectivity index (χ1v) is 10.9. The van der Waals surface area contributed by atoms with Gasteiger partial charge in [0, 0.05) is 17.6 Å². The molecule has 0 fully saturated rings. The van der Waals surface area contributed by atoms with E-state index < -0.39 is 0 Å². The van der Waals surface area contributed by atoms with E-state index in [9.17, 15) is 9.59 Å². The predicted molar refractivity (Wildman–Crippen MR) is 127 cm³/mol. The third kappa shape index (κ3) is 4.35. The monoisotopic (exact) mass is 425 g/mol. The summed E-state index contributed by atoms with van der Waals surface area (Å²) in [6.45, 7) is 6.65. The predicted octanol–water partition coefficient (Wildman–Crippen LogP) is 6.19. The lowest BCUT2D eigenvalue weighted by atomic mass is 9.78. The molecule has 0 saturated heterocycles. The molecule has 162 valence electrons. The minimum absolute atomic E-state index is 0.117. The first-order valence-electron chi connectivity index (χ1n) is 10.9. The molecule has 4 rings (SSSR count). The first kappa shape index (κ1) is 21.6. The maximum absolute atomic E-state index is 11.8. The van der Waals surface area contributed by atoms with Crippen LogP contribution in [0.25, 0.3) is 0 Å². The number of benzene rings is 3. The zero-order chi connectivity index (χ0) is 22.7. The molecule has 3 aromatic carbocycles. The van der Waals surface area contributed by atoms with Gasteiger partial charge in [-0.1, -0.05) is 63.6 Å². The second-order valence-corrected chi connectivity index (χ2v) is 8.54. The van der Waals surface area contributed by atoms with Crippen LogP contribution < -0.4 is 9.64 Å². The lowest BCUT2D eigenvalue weighted by Gasteiger charge is -2.26. The van der Waals surface area contributed by atoms with Crippen molar-refractivity contribution in [1.29, 1.82) is 0 Å². The number of nitrogens with zero attached hydrogens (tertiary/aromatic N) is 1. The summed E-state index contributed by atoms with van der Waals surface area (Å²) in [4.78, 5) is 24.8. The smallest absolute Gasteiger partial charge is 0.258 e. The van der Waals surface area contributed by atoms with E-state index in [1.54, 1.807) is 24.3 Å². The van der Waals surface area contributed by atoms with Gasteiger partial charge >= 0.3 is 0 Å². The molecular weight excluding hydrogens is 398 g/mol. The summed E-state index contributed by atoms with van der Waals surface area (Å²) >= 11 is 0. The number of amides is 2. The number of carbonyl (C=O) groups excluding carboxylic acids is 2. The first-order chi connectivity index (χ1) is 15.4. The molecule has 4 nitrogen and oxygen atoms in total. The Bertz CT molecular complexity index is 1120. The molecule has 0 N–H and O–H groups in total. The van der Waals surface area contributed by atoms with Gasteiger partial charge in [-0.3, -0.25) is 9.59 Å². The van der Waals surface area contributed by atoms with E-state index in [1.807, 2.05) is 12.1 Å². The Balaban J connectivity index is 1.45. The van der Waals surface area contributed by atoms with E-state index in [2.05, 4.69) is 57.2 Å². The van der Waals surface area contributed by atoms with Gasteiger partial charge in [0.05, 0.1) is 5.69 Å². The second-order valence-electron chi connectivity index (χ2n) is 8.54. The van der Waals surface area contributed by atoms with E-state index in [-0.39, 0.29) is 17.2 Å². The van der Waals surface area contributed by atoms with E-state index >= 15 is 0 Å². The molecule has 2 amide bonds. The van der Waals surface area contributed by atoms with Crippen LogP contribution in [0, 0.1) is 0 Å². The largest absolute Gasteiger partial charge is 0.457 e. The summed E-state index contributed by atoms with van der Waals surface area (Å²) in [7, 11) is 0. The summed E-state index contributed by atoms with van der Waals surface area (Å²) in [6, 6.07) is 23.9. The highest BCUT2D eigenvalue weighted by Gasteiger charge is 2.25. The molecule has 0 aromatic heterocycles. The Morgan fingerprint density at radius 3 is 1.69 bits per heavy atom. The zero-order valence-electron chi connectivity index (χ0n) is 18.7. The quantitative estimate of drug-likeness (QED) is 0.424. The molecule has 0 spiro atoms. The fourth-order valence-electron chi connectivity index (χ4n) is 3.94. The van der Waals surface area contributed by atoms with E-state index in [0.29, 0.717) is 11.4 Å². The van der Waals surface area contributed by atoms with Crippen molar-refractivity contribution in [3.05, 3.63) is 102 Å². The molecule has 4 heteroatoms. The molecule has 0 saturated carbocycles. The lowest BCUT2D eigenvalue weighted by molar-refractivity contribution is -0.119. The number of hydrogen-bond acceptors (Lipinski definition) is 3. The Hall–Kier alpha value is -3.66. The van der Waals surface area contributed by atoms with Gasteiger partial charge < -0.3 is 4.74 Å². The minimum atomic E-state index is -0.332. The molecular formula is C28H27NO3. The maximum atomic E-state index is 11.8. The van der Waals surface area contributed by atoms with Crippen molar-refractivity contribution in [3.63, 3.8) is 0 Å². The second kappa shape index (κ2) is 8.83. The van der Waals surface area contributed by atoms with Crippen molar-refractivity contribution >= 4 is 17.5 Å². The van der Waals surface area contributed by atoms with Crippen molar-refractivity contribution in [2.24, 2.45) is 0 Å². The van der Waals surface area contributed by atoms with Gasteiger partial charge in [-0.25, -0.2) is 4.90 Å². The molecule has 0 aliphatic carbocycles. The van der Waals surface area contributed by atoms with Crippen molar-refractivity contribution in [2.75, 3.05) is 4.90 Å². The van der Waals surface area contributed by atoms with Gasteiger partial charge in [0.2, 0.25) is 0 Å². The molecule has 3 aromatic rings. The minimum Gasteiger partial charge on any atom is -0.457 e. The zero-order valence-corrected chi connectivity index (χ0v) is 18.7. The molecule has 1 heterocycles. The summed E-state index contributed by atoms with van der Waals surface area (Å²) in [5.74, 6) is 0.702. The molecule has 0 radical (unpaired) electrons. The Morgan fingerprint density at radius 1 is 0.719 bits per heavy atom. The Labute approximate surface area is 189 Å². The van der Waals surface area contributed by atoms with Gasteiger partial charge in [0.15, 0.2) is 0 Å². The summed E-state index contributed by atoms with van der Waals surface area (Å²) < 4.78 is 5.96.